The van der Waals surface area contributed by atoms with Gasteiger partial charge in [-0.15, -0.1) is 34.0 Å². The summed E-state index contributed by atoms with van der Waals surface area (Å²) in [5, 5.41) is 4.24. The van der Waals surface area contributed by atoms with Crippen LogP contribution in [-0.4, -0.2) is 67.1 Å². The maximum atomic E-state index is 5.90. The normalized spacial score (nSPS) is 11.4. The molecule has 0 unspecified atom stereocenters. The Kier molecular flexibility index (Phi) is 12.5. The second-order valence-corrected chi connectivity index (χ2v) is 11.2. The maximum Gasteiger partial charge on any atom is 0.161 e. The maximum absolute atomic E-state index is 5.90. The molecule has 39 heavy (non-hydrogen) atoms. The molecule has 0 saturated heterocycles. The molecule has 6 nitrogen and oxygen atoms in total. The first-order chi connectivity index (χ1) is 19.3. The Bertz CT molecular complexity index is 1250. The monoisotopic (exact) mass is 586 g/mol. The fraction of sp³-hybridized carbons (Fsp3) is 0.333. The van der Waals surface area contributed by atoms with Gasteiger partial charge >= 0.3 is 0 Å². The van der Waals surface area contributed by atoms with Crippen LogP contribution in [0.1, 0.15) is 11.1 Å². The van der Waals surface area contributed by atoms with E-state index in [1.807, 2.05) is 29.5 Å². The molecule has 0 N–H and O–H groups in total. The quantitative estimate of drug-likeness (QED) is 0.113. The van der Waals surface area contributed by atoms with Crippen LogP contribution in [0, 0.1) is 0 Å². The summed E-state index contributed by atoms with van der Waals surface area (Å²) >= 11 is 5.37. The molecular formula is C30H34O6S3. The van der Waals surface area contributed by atoms with Gasteiger partial charge in [-0.1, -0.05) is 30.4 Å². The number of hydrogen-bond acceptors (Lipinski definition) is 9. The predicted molar refractivity (Wildman–Crippen MR) is 163 cm³/mol. The number of rotatable bonds is 18. The van der Waals surface area contributed by atoms with Crippen LogP contribution in [0.25, 0.3) is 31.7 Å². The van der Waals surface area contributed by atoms with Crippen molar-refractivity contribution in [2.75, 3.05) is 67.1 Å². The van der Waals surface area contributed by atoms with E-state index in [0.717, 1.165) is 5.56 Å². The molecule has 0 aliphatic carbocycles. The lowest BCUT2D eigenvalue weighted by molar-refractivity contribution is 0.0000844. The number of benzene rings is 1. The molecule has 9 heteroatoms. The highest BCUT2D eigenvalue weighted by Gasteiger charge is 2.12. The van der Waals surface area contributed by atoms with Crippen molar-refractivity contribution in [3.8, 4) is 31.0 Å². The second-order valence-electron chi connectivity index (χ2n) is 8.27. The summed E-state index contributed by atoms with van der Waals surface area (Å²) in [7, 11) is 3.31. The molecule has 4 rings (SSSR count). The van der Waals surface area contributed by atoms with E-state index >= 15 is 0 Å². The van der Waals surface area contributed by atoms with Crippen molar-refractivity contribution in [3.05, 3.63) is 70.4 Å². The summed E-state index contributed by atoms with van der Waals surface area (Å²) in [5.74, 6) is 1.38. The highest BCUT2D eigenvalue weighted by atomic mass is 32.1. The Morgan fingerprint density at radius 3 is 1.95 bits per heavy atom. The van der Waals surface area contributed by atoms with E-state index in [1.54, 1.807) is 36.9 Å². The molecule has 0 radical (unpaired) electrons. The van der Waals surface area contributed by atoms with Gasteiger partial charge in [0.15, 0.2) is 11.5 Å². The molecule has 1 aromatic carbocycles. The highest BCUT2D eigenvalue weighted by Crippen LogP contribution is 2.42. The van der Waals surface area contributed by atoms with Gasteiger partial charge in [-0.2, -0.15) is 0 Å². The summed E-state index contributed by atoms with van der Waals surface area (Å²) in [4.78, 5) is 5.15. The molecule has 0 atom stereocenters. The van der Waals surface area contributed by atoms with E-state index in [9.17, 15) is 0 Å². The molecule has 0 fully saturated rings. The highest BCUT2D eigenvalue weighted by molar-refractivity contribution is 7.26. The lowest BCUT2D eigenvalue weighted by Crippen LogP contribution is -2.13. The van der Waals surface area contributed by atoms with Crippen molar-refractivity contribution in [2.45, 2.75) is 0 Å². The first-order valence-corrected chi connectivity index (χ1v) is 15.3. The van der Waals surface area contributed by atoms with Gasteiger partial charge in [0.2, 0.25) is 0 Å². The van der Waals surface area contributed by atoms with Crippen LogP contribution >= 0.6 is 34.0 Å². The molecule has 3 aromatic heterocycles. The minimum atomic E-state index is 0.427. The second kappa shape index (κ2) is 16.6. The van der Waals surface area contributed by atoms with Gasteiger partial charge in [0.25, 0.3) is 0 Å². The Labute approximate surface area is 242 Å². The van der Waals surface area contributed by atoms with E-state index in [4.69, 9.17) is 28.4 Å². The van der Waals surface area contributed by atoms with Crippen molar-refractivity contribution < 1.29 is 28.4 Å². The first-order valence-electron chi connectivity index (χ1n) is 12.7. The molecule has 0 saturated carbocycles. The molecule has 3 heterocycles. The van der Waals surface area contributed by atoms with Crippen molar-refractivity contribution in [3.63, 3.8) is 0 Å². The predicted octanol–water partition coefficient (Wildman–Crippen LogP) is 7.46. The Hall–Kier alpha value is -2.50. The minimum Gasteiger partial charge on any atom is -0.493 e. The Morgan fingerprint density at radius 2 is 1.31 bits per heavy atom. The van der Waals surface area contributed by atoms with Gasteiger partial charge in [-0.25, -0.2) is 0 Å². The average Bonchev–Trinajstić information content (AvgIpc) is 3.74. The first kappa shape index (κ1) is 29.5. The SMILES string of the molecule is COCCOCCOCCOCCOc1ccc(/C=C/c2cc(-c3cccs3)sc2-c2cccs2)cc1OC. The van der Waals surface area contributed by atoms with E-state index in [2.05, 4.69) is 53.2 Å². The lowest BCUT2D eigenvalue weighted by Gasteiger charge is -2.12. The van der Waals surface area contributed by atoms with Crippen molar-refractivity contribution in [2.24, 2.45) is 0 Å². The van der Waals surface area contributed by atoms with Crippen LogP contribution in [0.5, 0.6) is 11.5 Å². The van der Waals surface area contributed by atoms with Crippen LogP contribution in [-0.2, 0) is 18.9 Å². The third-order valence-corrected chi connectivity index (χ3v) is 8.84. The van der Waals surface area contributed by atoms with E-state index in [0.29, 0.717) is 64.4 Å². The van der Waals surface area contributed by atoms with Gasteiger partial charge < -0.3 is 28.4 Å². The van der Waals surface area contributed by atoms with E-state index in [1.165, 1.54) is 25.1 Å². The fourth-order valence-electron chi connectivity index (χ4n) is 3.66. The van der Waals surface area contributed by atoms with Crippen molar-refractivity contribution in [1.29, 1.82) is 0 Å². The van der Waals surface area contributed by atoms with Crippen molar-refractivity contribution in [1.82, 2.24) is 0 Å². The zero-order valence-corrected chi connectivity index (χ0v) is 24.7. The fourth-order valence-corrected chi connectivity index (χ4v) is 6.51. The third-order valence-electron chi connectivity index (χ3n) is 5.57. The van der Waals surface area contributed by atoms with E-state index in [-0.39, 0.29) is 0 Å². The molecule has 4 aromatic rings. The van der Waals surface area contributed by atoms with Crippen molar-refractivity contribution >= 4 is 46.2 Å². The van der Waals surface area contributed by atoms with Gasteiger partial charge in [0.1, 0.15) is 6.61 Å². The smallest absolute Gasteiger partial charge is 0.161 e. The van der Waals surface area contributed by atoms with Gasteiger partial charge in [0, 0.05) is 21.7 Å². The van der Waals surface area contributed by atoms with Crippen LogP contribution < -0.4 is 9.47 Å². The van der Waals surface area contributed by atoms with Crippen LogP contribution in [0.2, 0.25) is 0 Å². The van der Waals surface area contributed by atoms with Crippen LogP contribution in [0.4, 0.5) is 0 Å². The average molecular weight is 587 g/mol. The van der Waals surface area contributed by atoms with Gasteiger partial charge in [0.05, 0.1) is 58.2 Å². The molecule has 0 aliphatic heterocycles. The molecular weight excluding hydrogens is 553 g/mol. The lowest BCUT2D eigenvalue weighted by atomic mass is 10.1. The Morgan fingerprint density at radius 1 is 0.641 bits per heavy atom. The van der Waals surface area contributed by atoms with Gasteiger partial charge in [-0.3, -0.25) is 0 Å². The zero-order chi connectivity index (χ0) is 27.1. The number of thiophene rings is 3. The van der Waals surface area contributed by atoms with E-state index < -0.39 is 0 Å². The summed E-state index contributed by atoms with van der Waals surface area (Å²) in [5.41, 5.74) is 2.25. The zero-order valence-electron chi connectivity index (χ0n) is 22.3. The Balaban J connectivity index is 1.27. The van der Waals surface area contributed by atoms with Crippen LogP contribution in [0.3, 0.4) is 0 Å². The number of methoxy groups -OCH3 is 2. The largest absolute Gasteiger partial charge is 0.493 e. The summed E-state index contributed by atoms with van der Waals surface area (Å²) in [6.45, 7) is 4.19. The number of hydrogen-bond donors (Lipinski definition) is 0. The molecule has 0 aliphatic rings. The molecule has 208 valence electrons. The molecule has 0 bridgehead atoms. The van der Waals surface area contributed by atoms with Gasteiger partial charge in [-0.05, 0) is 52.2 Å². The summed E-state index contributed by atoms with van der Waals surface area (Å²) < 4.78 is 32.8. The summed E-state index contributed by atoms with van der Waals surface area (Å²) in [6.07, 6.45) is 4.30. The van der Waals surface area contributed by atoms with Crippen LogP contribution in [0.15, 0.2) is 59.3 Å². The summed E-state index contributed by atoms with van der Waals surface area (Å²) in [6, 6.07) is 16.8. The standard InChI is InChI=1S/C30H34O6S3/c1-31-11-12-33-13-14-34-15-16-35-17-18-36-25-10-8-23(21-26(25)32-2)7-9-24-22-29(27-5-3-19-37-27)39-30(24)28-6-4-20-38-28/h3-10,19-22H,11-18H2,1-2H3/b9-7+. The minimum absolute atomic E-state index is 0.427. The third kappa shape index (κ3) is 9.29. The number of ether oxygens (including phenoxy) is 6. The molecule has 0 spiro atoms. The molecule has 0 amide bonds. The topological polar surface area (TPSA) is 55.4 Å².